The lowest BCUT2D eigenvalue weighted by atomic mass is 10.1. The van der Waals surface area contributed by atoms with Crippen molar-refractivity contribution < 1.29 is 0 Å². The second-order valence-corrected chi connectivity index (χ2v) is 5.22. The molecular weight excluding hydrogens is 242 g/mol. The van der Waals surface area contributed by atoms with Gasteiger partial charge >= 0.3 is 0 Å². The van der Waals surface area contributed by atoms with Crippen LogP contribution in [0.4, 0.5) is 0 Å². The van der Waals surface area contributed by atoms with Crippen LogP contribution >= 0.6 is 11.8 Å². The molecule has 1 aromatic heterocycles. The predicted molar refractivity (Wildman–Crippen MR) is 75.9 cm³/mol. The predicted octanol–water partition coefficient (Wildman–Crippen LogP) is 3.24. The summed E-state index contributed by atoms with van der Waals surface area (Å²) in [4.78, 5) is 5.64. The van der Waals surface area contributed by atoms with Gasteiger partial charge in [-0.25, -0.2) is 4.98 Å². The van der Waals surface area contributed by atoms with Gasteiger partial charge in [0.05, 0.1) is 0 Å². The molecule has 0 aliphatic carbocycles. The van der Waals surface area contributed by atoms with E-state index < -0.39 is 0 Å². The van der Waals surface area contributed by atoms with Gasteiger partial charge < -0.3 is 9.88 Å². The first-order chi connectivity index (χ1) is 8.76. The number of aromatic nitrogens is 2. The van der Waals surface area contributed by atoms with E-state index in [1.165, 1.54) is 10.5 Å². The quantitative estimate of drug-likeness (QED) is 0.896. The molecule has 2 aromatic rings. The van der Waals surface area contributed by atoms with Crippen molar-refractivity contribution in [3.8, 4) is 0 Å². The van der Waals surface area contributed by atoms with Crippen LogP contribution in [0.15, 0.2) is 46.7 Å². The highest BCUT2D eigenvalue weighted by Crippen LogP contribution is 2.32. The molecule has 0 bridgehead atoms. The number of hydrogen-bond donors (Lipinski definition) is 1. The summed E-state index contributed by atoms with van der Waals surface area (Å²) >= 11 is 1.72. The van der Waals surface area contributed by atoms with E-state index in [0.717, 1.165) is 11.6 Å². The van der Waals surface area contributed by atoms with Crippen LogP contribution in [0.3, 0.4) is 0 Å². The molecule has 0 spiro atoms. The number of aryl methyl sites for hydroxylation is 1. The molecule has 1 atom stereocenters. The van der Waals surface area contributed by atoms with Crippen molar-refractivity contribution >= 4 is 11.8 Å². The number of imidazole rings is 1. The standard InChI is InChI=1S/C14H19N3S/c1-4-12(15-2)11-7-5-6-8-13(11)18-14-16-9-10-17(14)3/h5-10,12,15H,4H2,1-3H3. The average Bonchev–Trinajstić information content (AvgIpc) is 2.79. The molecule has 3 nitrogen and oxygen atoms in total. The molecule has 0 aliphatic rings. The summed E-state index contributed by atoms with van der Waals surface area (Å²) in [6.45, 7) is 2.20. The van der Waals surface area contributed by atoms with Crippen LogP contribution < -0.4 is 5.32 Å². The molecule has 0 aliphatic heterocycles. The Morgan fingerprint density at radius 3 is 2.78 bits per heavy atom. The van der Waals surface area contributed by atoms with E-state index in [1.54, 1.807) is 11.8 Å². The second kappa shape index (κ2) is 6.07. The molecule has 0 radical (unpaired) electrons. The third-order valence-electron chi connectivity index (χ3n) is 3.03. The van der Waals surface area contributed by atoms with Gasteiger partial charge in [-0.2, -0.15) is 0 Å². The van der Waals surface area contributed by atoms with E-state index in [1.807, 2.05) is 31.1 Å². The summed E-state index contributed by atoms with van der Waals surface area (Å²) in [5.41, 5.74) is 1.34. The van der Waals surface area contributed by atoms with Gasteiger partial charge in [0.1, 0.15) is 0 Å². The Balaban J connectivity index is 2.30. The fraction of sp³-hybridized carbons (Fsp3) is 0.357. The Bertz CT molecular complexity index is 503. The summed E-state index contributed by atoms with van der Waals surface area (Å²) < 4.78 is 2.04. The zero-order chi connectivity index (χ0) is 13.0. The first-order valence-electron chi connectivity index (χ1n) is 6.17. The summed E-state index contributed by atoms with van der Waals surface area (Å²) in [6.07, 6.45) is 4.88. The van der Waals surface area contributed by atoms with Crippen molar-refractivity contribution in [3.05, 3.63) is 42.2 Å². The smallest absolute Gasteiger partial charge is 0.172 e. The maximum Gasteiger partial charge on any atom is 0.172 e. The monoisotopic (exact) mass is 261 g/mol. The molecule has 1 aromatic carbocycles. The van der Waals surface area contributed by atoms with Crippen molar-refractivity contribution in [1.29, 1.82) is 0 Å². The topological polar surface area (TPSA) is 29.9 Å². The average molecular weight is 261 g/mol. The van der Waals surface area contributed by atoms with Gasteiger partial charge in [-0.15, -0.1) is 0 Å². The van der Waals surface area contributed by atoms with Gasteiger partial charge in [0.25, 0.3) is 0 Å². The molecule has 18 heavy (non-hydrogen) atoms. The minimum atomic E-state index is 0.397. The summed E-state index contributed by atoms with van der Waals surface area (Å²) in [7, 11) is 4.03. The maximum absolute atomic E-state index is 4.37. The van der Waals surface area contributed by atoms with Gasteiger partial charge in [-0.3, -0.25) is 0 Å². The third kappa shape index (κ3) is 2.76. The first kappa shape index (κ1) is 13.2. The normalized spacial score (nSPS) is 12.6. The largest absolute Gasteiger partial charge is 0.329 e. The fourth-order valence-corrected chi connectivity index (χ4v) is 2.98. The van der Waals surface area contributed by atoms with Crippen molar-refractivity contribution in [2.24, 2.45) is 7.05 Å². The Labute approximate surface area is 113 Å². The van der Waals surface area contributed by atoms with Gasteiger partial charge in [-0.05, 0) is 25.1 Å². The minimum Gasteiger partial charge on any atom is -0.329 e. The zero-order valence-electron chi connectivity index (χ0n) is 11.1. The van der Waals surface area contributed by atoms with Crippen LogP contribution in [0.1, 0.15) is 24.9 Å². The number of nitrogens with zero attached hydrogens (tertiary/aromatic N) is 2. The number of hydrogen-bond acceptors (Lipinski definition) is 3. The fourth-order valence-electron chi connectivity index (χ4n) is 1.99. The summed E-state index contributed by atoms with van der Waals surface area (Å²) in [5.74, 6) is 0. The molecular formula is C14H19N3S. The van der Waals surface area contributed by atoms with E-state index in [0.29, 0.717) is 6.04 Å². The number of benzene rings is 1. The van der Waals surface area contributed by atoms with Crippen molar-refractivity contribution in [1.82, 2.24) is 14.9 Å². The minimum absolute atomic E-state index is 0.397. The molecule has 0 saturated carbocycles. The van der Waals surface area contributed by atoms with Crippen LogP contribution in [0.2, 0.25) is 0 Å². The van der Waals surface area contributed by atoms with Crippen LogP contribution in [0, 0.1) is 0 Å². The lowest BCUT2D eigenvalue weighted by Crippen LogP contribution is -2.15. The lowest BCUT2D eigenvalue weighted by molar-refractivity contribution is 0.568. The molecule has 0 saturated heterocycles. The highest BCUT2D eigenvalue weighted by Gasteiger charge is 2.13. The molecule has 1 heterocycles. The van der Waals surface area contributed by atoms with Crippen LogP contribution in [0.25, 0.3) is 0 Å². The SMILES string of the molecule is CCC(NC)c1ccccc1Sc1nccn1C. The van der Waals surface area contributed by atoms with Crippen LogP contribution in [-0.4, -0.2) is 16.6 Å². The van der Waals surface area contributed by atoms with Crippen molar-refractivity contribution in [3.63, 3.8) is 0 Å². The van der Waals surface area contributed by atoms with E-state index in [4.69, 9.17) is 0 Å². The Kier molecular flexibility index (Phi) is 4.44. The molecule has 2 rings (SSSR count). The van der Waals surface area contributed by atoms with Gasteiger partial charge in [0, 0.05) is 30.4 Å². The van der Waals surface area contributed by atoms with E-state index in [-0.39, 0.29) is 0 Å². The van der Waals surface area contributed by atoms with E-state index in [2.05, 4.69) is 41.5 Å². The van der Waals surface area contributed by atoms with E-state index >= 15 is 0 Å². The van der Waals surface area contributed by atoms with Gasteiger partial charge in [-0.1, -0.05) is 36.9 Å². The highest BCUT2D eigenvalue weighted by molar-refractivity contribution is 7.99. The lowest BCUT2D eigenvalue weighted by Gasteiger charge is -2.17. The second-order valence-electron chi connectivity index (χ2n) is 4.21. The van der Waals surface area contributed by atoms with Gasteiger partial charge in [0.2, 0.25) is 0 Å². The summed E-state index contributed by atoms with van der Waals surface area (Å²) in [5, 5.41) is 4.38. The molecule has 96 valence electrons. The third-order valence-corrected chi connectivity index (χ3v) is 4.20. The molecule has 4 heteroatoms. The van der Waals surface area contributed by atoms with Crippen molar-refractivity contribution in [2.75, 3.05) is 7.05 Å². The maximum atomic E-state index is 4.37. The molecule has 1 N–H and O–H groups in total. The molecule has 1 unspecified atom stereocenters. The highest BCUT2D eigenvalue weighted by atomic mass is 32.2. The zero-order valence-corrected chi connectivity index (χ0v) is 11.9. The van der Waals surface area contributed by atoms with Crippen LogP contribution in [0.5, 0.6) is 0 Å². The Morgan fingerprint density at radius 1 is 1.39 bits per heavy atom. The number of rotatable bonds is 5. The van der Waals surface area contributed by atoms with Crippen molar-refractivity contribution in [2.45, 2.75) is 29.4 Å². The van der Waals surface area contributed by atoms with Gasteiger partial charge in [0.15, 0.2) is 5.16 Å². The van der Waals surface area contributed by atoms with Crippen LogP contribution in [-0.2, 0) is 7.05 Å². The summed E-state index contributed by atoms with van der Waals surface area (Å²) in [6, 6.07) is 8.92. The Hall–Kier alpha value is -1.26. The Morgan fingerprint density at radius 2 is 2.17 bits per heavy atom. The molecule has 0 fully saturated rings. The van der Waals surface area contributed by atoms with E-state index in [9.17, 15) is 0 Å². The first-order valence-corrected chi connectivity index (χ1v) is 6.99. The number of nitrogens with one attached hydrogen (secondary N) is 1. The molecule has 0 amide bonds.